The van der Waals surface area contributed by atoms with E-state index in [2.05, 4.69) is 15.4 Å². The van der Waals surface area contributed by atoms with Crippen molar-refractivity contribution >= 4 is 17.5 Å². The monoisotopic (exact) mass is 380 g/mol. The molecular formula is C19H19F3N2O3. The summed E-state index contributed by atoms with van der Waals surface area (Å²) in [5.41, 5.74) is 2.46. The van der Waals surface area contributed by atoms with Crippen LogP contribution < -0.4 is 10.6 Å². The molecule has 0 spiro atoms. The number of anilines is 1. The summed E-state index contributed by atoms with van der Waals surface area (Å²) in [6.07, 6.45) is -4.34. The topological polar surface area (TPSA) is 67.4 Å². The predicted molar refractivity (Wildman–Crippen MR) is 94.1 cm³/mol. The summed E-state index contributed by atoms with van der Waals surface area (Å²) < 4.78 is 40.7. The van der Waals surface area contributed by atoms with Gasteiger partial charge in [-0.15, -0.1) is 0 Å². The Kier molecular flexibility index (Phi) is 6.95. The fourth-order valence-corrected chi connectivity index (χ4v) is 2.23. The summed E-state index contributed by atoms with van der Waals surface area (Å²) in [4.78, 5) is 23.1. The maximum Gasteiger partial charge on any atom is 0.411 e. The number of ether oxygens (including phenoxy) is 1. The first-order chi connectivity index (χ1) is 12.7. The second kappa shape index (κ2) is 9.18. The average molecular weight is 380 g/mol. The van der Waals surface area contributed by atoms with Gasteiger partial charge in [0, 0.05) is 24.7 Å². The quantitative estimate of drug-likeness (QED) is 0.771. The van der Waals surface area contributed by atoms with Gasteiger partial charge in [0.05, 0.1) is 6.61 Å². The lowest BCUT2D eigenvalue weighted by molar-refractivity contribution is -0.176. The van der Waals surface area contributed by atoms with Crippen molar-refractivity contribution in [3.05, 3.63) is 65.2 Å². The molecule has 0 aromatic heterocycles. The van der Waals surface area contributed by atoms with Crippen molar-refractivity contribution in [3.63, 3.8) is 0 Å². The van der Waals surface area contributed by atoms with Crippen molar-refractivity contribution in [1.82, 2.24) is 5.32 Å². The molecule has 5 nitrogen and oxygen atoms in total. The Morgan fingerprint density at radius 2 is 1.56 bits per heavy atom. The van der Waals surface area contributed by atoms with Crippen LogP contribution >= 0.6 is 0 Å². The third-order valence-corrected chi connectivity index (χ3v) is 3.48. The summed E-state index contributed by atoms with van der Waals surface area (Å²) >= 11 is 0. The lowest BCUT2D eigenvalue weighted by Gasteiger charge is -2.09. The number of hydrogen-bond acceptors (Lipinski definition) is 3. The Morgan fingerprint density at radius 1 is 0.963 bits per heavy atom. The zero-order valence-electron chi connectivity index (χ0n) is 14.6. The smallest absolute Gasteiger partial charge is 0.367 e. The van der Waals surface area contributed by atoms with E-state index in [0.717, 1.165) is 5.56 Å². The van der Waals surface area contributed by atoms with Crippen LogP contribution in [0.1, 0.15) is 28.4 Å². The second-order valence-electron chi connectivity index (χ2n) is 5.87. The van der Waals surface area contributed by atoms with Crippen molar-refractivity contribution in [2.45, 2.75) is 26.3 Å². The summed E-state index contributed by atoms with van der Waals surface area (Å²) in [5.74, 6) is -0.471. The molecule has 0 aliphatic carbocycles. The highest BCUT2D eigenvalue weighted by Gasteiger charge is 2.27. The van der Waals surface area contributed by atoms with E-state index in [1.54, 1.807) is 48.5 Å². The van der Waals surface area contributed by atoms with E-state index < -0.39 is 12.8 Å². The molecule has 27 heavy (non-hydrogen) atoms. The summed E-state index contributed by atoms with van der Waals surface area (Å²) in [5, 5.41) is 5.37. The van der Waals surface area contributed by atoms with Crippen LogP contribution in [0.3, 0.4) is 0 Å². The Balaban J connectivity index is 1.81. The van der Waals surface area contributed by atoms with E-state index in [1.165, 1.54) is 6.92 Å². The molecule has 8 heteroatoms. The van der Waals surface area contributed by atoms with Crippen LogP contribution in [0.5, 0.6) is 0 Å². The van der Waals surface area contributed by atoms with Crippen LogP contribution in [0.2, 0.25) is 0 Å². The fraction of sp³-hybridized carbons (Fsp3) is 0.263. The van der Waals surface area contributed by atoms with Crippen molar-refractivity contribution in [2.24, 2.45) is 0 Å². The number of nitrogens with one attached hydrogen (secondary N) is 2. The van der Waals surface area contributed by atoms with E-state index in [9.17, 15) is 22.8 Å². The molecule has 0 saturated heterocycles. The SMILES string of the molecule is CC(=O)Nc1ccc(C(=O)NCc2ccc(COCC(F)(F)F)cc2)cc1. The standard InChI is InChI=1S/C19H19F3N2O3/c1-13(25)24-17-8-6-16(7-9-17)18(26)23-10-14-2-4-15(5-3-14)11-27-12-19(20,21)22/h2-9H,10-12H2,1H3,(H,23,26)(H,24,25). The van der Waals surface area contributed by atoms with Gasteiger partial charge in [-0.05, 0) is 35.4 Å². The minimum Gasteiger partial charge on any atom is -0.367 e. The van der Waals surface area contributed by atoms with Gasteiger partial charge in [-0.25, -0.2) is 0 Å². The van der Waals surface area contributed by atoms with Crippen molar-refractivity contribution in [1.29, 1.82) is 0 Å². The molecule has 0 aliphatic rings. The number of benzene rings is 2. The molecule has 2 N–H and O–H groups in total. The molecule has 0 fully saturated rings. The molecule has 0 atom stereocenters. The molecule has 0 heterocycles. The van der Waals surface area contributed by atoms with Gasteiger partial charge in [0.25, 0.3) is 5.91 Å². The van der Waals surface area contributed by atoms with E-state index >= 15 is 0 Å². The number of carbonyl (C=O) groups excluding carboxylic acids is 2. The highest BCUT2D eigenvalue weighted by molar-refractivity contribution is 5.95. The first-order valence-corrected chi connectivity index (χ1v) is 8.11. The van der Waals surface area contributed by atoms with Crippen LogP contribution in [-0.2, 0) is 22.7 Å². The third kappa shape index (κ3) is 7.49. The van der Waals surface area contributed by atoms with Crippen molar-refractivity contribution in [3.8, 4) is 0 Å². The lowest BCUT2D eigenvalue weighted by Crippen LogP contribution is -2.22. The molecule has 2 aromatic rings. The Morgan fingerprint density at radius 3 is 2.11 bits per heavy atom. The third-order valence-electron chi connectivity index (χ3n) is 3.48. The van der Waals surface area contributed by atoms with Crippen LogP contribution in [-0.4, -0.2) is 24.6 Å². The first-order valence-electron chi connectivity index (χ1n) is 8.11. The predicted octanol–water partition coefficient (Wildman–Crippen LogP) is 3.65. The van der Waals surface area contributed by atoms with E-state index in [-0.39, 0.29) is 25.0 Å². The van der Waals surface area contributed by atoms with Gasteiger partial charge >= 0.3 is 6.18 Å². The summed E-state index contributed by atoms with van der Waals surface area (Å²) in [6, 6.07) is 13.2. The van der Waals surface area contributed by atoms with Gasteiger partial charge in [-0.2, -0.15) is 13.2 Å². The number of rotatable bonds is 7. The van der Waals surface area contributed by atoms with Gasteiger partial charge < -0.3 is 15.4 Å². The molecule has 0 saturated carbocycles. The van der Waals surface area contributed by atoms with Crippen LogP contribution in [0, 0.1) is 0 Å². The number of amides is 2. The first kappa shape index (κ1) is 20.4. The van der Waals surface area contributed by atoms with Gasteiger partial charge in [0.2, 0.25) is 5.91 Å². The van der Waals surface area contributed by atoms with E-state index in [1.807, 2.05) is 0 Å². The summed E-state index contributed by atoms with van der Waals surface area (Å²) in [6.45, 7) is 0.253. The van der Waals surface area contributed by atoms with Gasteiger partial charge in [0.15, 0.2) is 0 Å². The molecule has 144 valence electrons. The van der Waals surface area contributed by atoms with Gasteiger partial charge in [-0.3, -0.25) is 9.59 Å². The Hall–Kier alpha value is -2.87. The molecule has 0 aliphatic heterocycles. The number of alkyl halides is 3. The number of hydrogen-bond donors (Lipinski definition) is 2. The summed E-state index contributed by atoms with van der Waals surface area (Å²) in [7, 11) is 0. The highest BCUT2D eigenvalue weighted by atomic mass is 19.4. The van der Waals surface area contributed by atoms with Crippen LogP contribution in [0.15, 0.2) is 48.5 Å². The largest absolute Gasteiger partial charge is 0.411 e. The maximum atomic E-state index is 12.1. The number of halogens is 3. The lowest BCUT2D eigenvalue weighted by atomic mass is 10.1. The molecule has 0 bridgehead atoms. The molecule has 2 amide bonds. The Labute approximate surface area is 154 Å². The van der Waals surface area contributed by atoms with Crippen LogP contribution in [0.4, 0.5) is 18.9 Å². The average Bonchev–Trinajstić information content (AvgIpc) is 2.60. The van der Waals surface area contributed by atoms with Gasteiger partial charge in [-0.1, -0.05) is 24.3 Å². The molecule has 2 aromatic carbocycles. The van der Waals surface area contributed by atoms with Crippen molar-refractivity contribution < 1.29 is 27.5 Å². The van der Waals surface area contributed by atoms with Crippen LogP contribution in [0.25, 0.3) is 0 Å². The van der Waals surface area contributed by atoms with Crippen molar-refractivity contribution in [2.75, 3.05) is 11.9 Å². The number of carbonyl (C=O) groups is 2. The van der Waals surface area contributed by atoms with E-state index in [4.69, 9.17) is 0 Å². The molecule has 2 rings (SSSR count). The second-order valence-corrected chi connectivity index (χ2v) is 5.87. The maximum absolute atomic E-state index is 12.1. The fourth-order valence-electron chi connectivity index (χ4n) is 2.23. The zero-order valence-corrected chi connectivity index (χ0v) is 14.6. The zero-order chi connectivity index (χ0) is 19.9. The minimum absolute atomic E-state index is 0.132. The molecule has 0 unspecified atom stereocenters. The highest BCUT2D eigenvalue weighted by Crippen LogP contribution is 2.16. The molecular weight excluding hydrogens is 361 g/mol. The Bertz CT molecular complexity index is 772. The molecule has 0 radical (unpaired) electrons. The van der Waals surface area contributed by atoms with E-state index in [0.29, 0.717) is 16.8 Å². The van der Waals surface area contributed by atoms with Gasteiger partial charge in [0.1, 0.15) is 6.61 Å². The minimum atomic E-state index is -4.34. The normalized spacial score (nSPS) is 11.1.